The van der Waals surface area contributed by atoms with Crippen molar-refractivity contribution in [3.63, 3.8) is 0 Å². The van der Waals surface area contributed by atoms with E-state index < -0.39 is 0 Å². The Bertz CT molecular complexity index is 233. The van der Waals surface area contributed by atoms with Crippen molar-refractivity contribution in [2.24, 2.45) is 0 Å². The Morgan fingerprint density at radius 3 is 2.87 bits per heavy atom. The van der Waals surface area contributed by atoms with Crippen molar-refractivity contribution >= 4 is 5.97 Å². The minimum Gasteiger partial charge on any atom is -0.431 e. The van der Waals surface area contributed by atoms with Crippen molar-refractivity contribution in [1.29, 1.82) is 0 Å². The van der Waals surface area contributed by atoms with Crippen LogP contribution in [0.25, 0.3) is 0 Å². The van der Waals surface area contributed by atoms with Crippen molar-refractivity contribution < 1.29 is 14.6 Å². The summed E-state index contributed by atoms with van der Waals surface area (Å²) in [6, 6.07) is 0. The van der Waals surface area contributed by atoms with E-state index in [0.29, 0.717) is 18.6 Å². The van der Waals surface area contributed by atoms with Gasteiger partial charge in [-0.1, -0.05) is 32.6 Å². The van der Waals surface area contributed by atoms with Crippen LogP contribution < -0.4 is 0 Å². The van der Waals surface area contributed by atoms with Crippen LogP contribution in [0.15, 0.2) is 11.8 Å². The second kappa shape index (κ2) is 6.62. The summed E-state index contributed by atoms with van der Waals surface area (Å²) in [7, 11) is 0. The van der Waals surface area contributed by atoms with Crippen LogP contribution >= 0.6 is 0 Å². The number of unbranched alkanes of at least 4 members (excludes halogenated alkanes) is 3. The van der Waals surface area contributed by atoms with Gasteiger partial charge in [0.2, 0.25) is 0 Å². The molecule has 0 aromatic carbocycles. The topological polar surface area (TPSA) is 46.5 Å². The second-order valence-corrected chi connectivity index (χ2v) is 4.06. The van der Waals surface area contributed by atoms with Gasteiger partial charge in [-0.3, -0.25) is 4.79 Å². The lowest BCUT2D eigenvalue weighted by atomic mass is 10.1. The first-order chi connectivity index (χ1) is 7.22. The molecule has 3 nitrogen and oxygen atoms in total. The Morgan fingerprint density at radius 1 is 1.47 bits per heavy atom. The third-order valence-corrected chi connectivity index (χ3v) is 2.57. The number of aliphatic hydroxyl groups is 1. The van der Waals surface area contributed by atoms with Crippen molar-refractivity contribution in [2.75, 3.05) is 0 Å². The van der Waals surface area contributed by atoms with Gasteiger partial charge in [-0.05, 0) is 12.5 Å². The largest absolute Gasteiger partial charge is 0.431 e. The fraction of sp³-hybridized carbons (Fsp3) is 0.750. The van der Waals surface area contributed by atoms with E-state index in [2.05, 4.69) is 6.92 Å². The first-order valence-corrected chi connectivity index (χ1v) is 5.80. The predicted molar refractivity (Wildman–Crippen MR) is 58.2 cm³/mol. The molecule has 3 heteroatoms. The highest BCUT2D eigenvalue weighted by atomic mass is 16.5. The number of cyclic esters (lactones) is 1. The maximum Gasteiger partial charge on any atom is 0.314 e. The molecule has 86 valence electrons. The van der Waals surface area contributed by atoms with Crippen molar-refractivity contribution in [3.05, 3.63) is 11.8 Å². The summed E-state index contributed by atoms with van der Waals surface area (Å²) in [4.78, 5) is 10.8. The molecule has 0 bridgehead atoms. The molecule has 1 aliphatic rings. The summed E-state index contributed by atoms with van der Waals surface area (Å²) in [5.41, 5.74) is 0. The van der Waals surface area contributed by atoms with Gasteiger partial charge in [-0.25, -0.2) is 0 Å². The highest BCUT2D eigenvalue weighted by Gasteiger charge is 2.17. The Morgan fingerprint density at radius 2 is 2.27 bits per heavy atom. The van der Waals surface area contributed by atoms with E-state index in [4.69, 9.17) is 4.74 Å². The molecule has 0 saturated carbocycles. The maximum absolute atomic E-state index is 10.8. The minimum atomic E-state index is -0.362. The molecular weight excluding hydrogens is 192 g/mol. The van der Waals surface area contributed by atoms with Gasteiger partial charge in [0.25, 0.3) is 0 Å². The fourth-order valence-corrected chi connectivity index (χ4v) is 1.69. The molecule has 1 aliphatic heterocycles. The first-order valence-electron chi connectivity index (χ1n) is 5.80. The number of aliphatic hydroxyl groups excluding tert-OH is 1. The van der Waals surface area contributed by atoms with E-state index in [-0.39, 0.29) is 12.1 Å². The van der Waals surface area contributed by atoms with E-state index in [9.17, 15) is 9.90 Å². The number of rotatable bonds is 7. The van der Waals surface area contributed by atoms with E-state index >= 15 is 0 Å². The lowest BCUT2D eigenvalue weighted by molar-refractivity contribution is -0.136. The van der Waals surface area contributed by atoms with Gasteiger partial charge in [0.15, 0.2) is 0 Å². The van der Waals surface area contributed by atoms with Crippen molar-refractivity contribution in [3.8, 4) is 0 Å². The molecule has 1 unspecified atom stereocenters. The van der Waals surface area contributed by atoms with Gasteiger partial charge in [0, 0.05) is 6.42 Å². The number of hydrogen-bond donors (Lipinski definition) is 1. The van der Waals surface area contributed by atoms with Crippen molar-refractivity contribution in [2.45, 2.75) is 58.0 Å². The first kappa shape index (κ1) is 12.2. The molecule has 1 rings (SSSR count). The third kappa shape index (κ3) is 4.98. The molecule has 0 amide bonds. The molecule has 0 aromatic rings. The summed E-state index contributed by atoms with van der Waals surface area (Å²) in [5.74, 6) is 0.436. The van der Waals surface area contributed by atoms with E-state index in [1.807, 2.05) is 0 Å². The Kier molecular flexibility index (Phi) is 5.40. The standard InChI is InChI=1S/C12H20O3/c1-2-3-4-5-6-10(13)9-11-7-8-12(14)15-11/h7,10,13H,2-6,8-9H2,1H3. The van der Waals surface area contributed by atoms with Crippen LogP contribution in [0.4, 0.5) is 0 Å². The summed E-state index contributed by atoms with van der Waals surface area (Å²) >= 11 is 0. The SMILES string of the molecule is CCCCCCC(O)CC1=CCC(=O)O1. The average molecular weight is 212 g/mol. The lowest BCUT2D eigenvalue weighted by Gasteiger charge is -2.10. The summed E-state index contributed by atoms with van der Waals surface area (Å²) in [5, 5.41) is 9.66. The van der Waals surface area contributed by atoms with E-state index in [0.717, 1.165) is 12.8 Å². The third-order valence-electron chi connectivity index (χ3n) is 2.57. The van der Waals surface area contributed by atoms with Crippen LogP contribution in [-0.2, 0) is 9.53 Å². The van der Waals surface area contributed by atoms with E-state index in [1.165, 1.54) is 19.3 Å². The highest BCUT2D eigenvalue weighted by Crippen LogP contribution is 2.18. The zero-order chi connectivity index (χ0) is 11.1. The zero-order valence-corrected chi connectivity index (χ0v) is 9.37. The average Bonchev–Trinajstić information content (AvgIpc) is 2.59. The van der Waals surface area contributed by atoms with Gasteiger partial charge < -0.3 is 9.84 Å². The molecule has 0 spiro atoms. The number of carbonyl (C=O) groups is 1. The quantitative estimate of drug-likeness (QED) is 0.521. The number of carbonyl (C=O) groups excluding carboxylic acids is 1. The van der Waals surface area contributed by atoms with E-state index in [1.54, 1.807) is 6.08 Å². The van der Waals surface area contributed by atoms with Crippen LogP contribution in [0, 0.1) is 0 Å². The molecule has 1 heterocycles. The number of esters is 1. The zero-order valence-electron chi connectivity index (χ0n) is 9.37. The molecule has 0 saturated heterocycles. The number of hydrogen-bond acceptors (Lipinski definition) is 3. The minimum absolute atomic E-state index is 0.205. The lowest BCUT2D eigenvalue weighted by Crippen LogP contribution is -2.08. The van der Waals surface area contributed by atoms with Gasteiger partial charge in [0.1, 0.15) is 5.76 Å². The predicted octanol–water partition coefficient (Wildman–Crippen LogP) is 2.54. The van der Waals surface area contributed by atoms with Crippen molar-refractivity contribution in [1.82, 2.24) is 0 Å². The summed E-state index contributed by atoms with van der Waals surface area (Å²) < 4.78 is 4.92. The smallest absolute Gasteiger partial charge is 0.314 e. The van der Waals surface area contributed by atoms with Gasteiger partial charge in [0.05, 0.1) is 12.5 Å². The van der Waals surface area contributed by atoms with Crippen LogP contribution in [0.1, 0.15) is 51.9 Å². The molecule has 0 radical (unpaired) electrons. The van der Waals surface area contributed by atoms with Crippen LogP contribution in [0.3, 0.4) is 0 Å². The molecule has 1 N–H and O–H groups in total. The Labute approximate surface area is 91.1 Å². The number of ether oxygens (including phenoxy) is 1. The molecular formula is C12H20O3. The molecule has 0 aromatic heterocycles. The monoisotopic (exact) mass is 212 g/mol. The Balaban J connectivity index is 2.08. The van der Waals surface area contributed by atoms with Gasteiger partial charge in [-0.15, -0.1) is 0 Å². The Hall–Kier alpha value is -0.830. The summed E-state index contributed by atoms with van der Waals surface area (Å²) in [6.45, 7) is 2.17. The fourth-order valence-electron chi connectivity index (χ4n) is 1.69. The van der Waals surface area contributed by atoms with Gasteiger partial charge >= 0.3 is 5.97 Å². The summed E-state index contributed by atoms with van der Waals surface area (Å²) in [6.07, 6.45) is 7.70. The normalized spacial score (nSPS) is 17.5. The maximum atomic E-state index is 10.8. The second-order valence-electron chi connectivity index (χ2n) is 4.06. The molecule has 15 heavy (non-hydrogen) atoms. The highest BCUT2D eigenvalue weighted by molar-refractivity contribution is 5.75. The van der Waals surface area contributed by atoms with Gasteiger partial charge in [-0.2, -0.15) is 0 Å². The van der Waals surface area contributed by atoms with Crippen LogP contribution in [0.2, 0.25) is 0 Å². The van der Waals surface area contributed by atoms with Crippen LogP contribution in [-0.4, -0.2) is 17.2 Å². The molecule has 0 fully saturated rings. The van der Waals surface area contributed by atoms with Crippen LogP contribution in [0.5, 0.6) is 0 Å². The molecule has 0 aliphatic carbocycles. The molecule has 1 atom stereocenters.